The van der Waals surface area contributed by atoms with E-state index in [1.807, 2.05) is 16.0 Å². The SMILES string of the molecule is O=C([C@H]1[C@H]2C[C@H](CN(Cc3cccc4[nH]ccc34)C2)[C@@H]2CCCC(=O)N21)N1CC=CC1. The summed E-state index contributed by atoms with van der Waals surface area (Å²) in [5.41, 5.74) is 2.51. The Labute approximate surface area is 182 Å². The number of aromatic nitrogens is 1. The van der Waals surface area contributed by atoms with Crippen LogP contribution in [0.25, 0.3) is 10.9 Å². The molecule has 3 saturated heterocycles. The molecule has 31 heavy (non-hydrogen) atoms. The Hall–Kier alpha value is -2.60. The van der Waals surface area contributed by atoms with Gasteiger partial charge < -0.3 is 14.8 Å². The highest BCUT2D eigenvalue weighted by molar-refractivity contribution is 5.89. The number of hydrogen-bond acceptors (Lipinski definition) is 3. The van der Waals surface area contributed by atoms with Gasteiger partial charge in [-0.25, -0.2) is 0 Å². The molecule has 3 fully saturated rings. The van der Waals surface area contributed by atoms with Crippen molar-refractivity contribution in [2.45, 2.75) is 44.3 Å². The zero-order chi connectivity index (χ0) is 20.9. The van der Waals surface area contributed by atoms with Crippen LogP contribution < -0.4 is 0 Å². The summed E-state index contributed by atoms with van der Waals surface area (Å²) in [6.07, 6.45) is 9.77. The predicted molar refractivity (Wildman–Crippen MR) is 119 cm³/mol. The number of fused-ring (bicyclic) bond motifs is 5. The first-order valence-corrected chi connectivity index (χ1v) is 11.7. The van der Waals surface area contributed by atoms with Crippen LogP contribution in [0.15, 0.2) is 42.6 Å². The minimum absolute atomic E-state index is 0.156. The van der Waals surface area contributed by atoms with Gasteiger partial charge in [0, 0.05) is 68.2 Å². The lowest BCUT2D eigenvalue weighted by Gasteiger charge is -2.56. The van der Waals surface area contributed by atoms with Gasteiger partial charge in [-0.1, -0.05) is 24.3 Å². The molecular weight excluding hydrogens is 388 g/mol. The van der Waals surface area contributed by atoms with Gasteiger partial charge in [0.25, 0.3) is 0 Å². The zero-order valence-electron chi connectivity index (χ0n) is 17.9. The number of carbonyl (C=O) groups excluding carboxylic acids is 2. The topological polar surface area (TPSA) is 59.7 Å². The van der Waals surface area contributed by atoms with Crippen LogP contribution in [-0.2, 0) is 16.1 Å². The zero-order valence-corrected chi connectivity index (χ0v) is 17.9. The molecule has 0 radical (unpaired) electrons. The second kappa shape index (κ2) is 7.52. The number of hydrogen-bond donors (Lipinski definition) is 1. The maximum absolute atomic E-state index is 13.6. The summed E-state index contributed by atoms with van der Waals surface area (Å²) >= 11 is 0. The lowest BCUT2D eigenvalue weighted by Crippen LogP contribution is -2.68. The lowest BCUT2D eigenvalue weighted by molar-refractivity contribution is -0.164. The molecule has 6 rings (SSSR count). The Morgan fingerprint density at radius 3 is 2.81 bits per heavy atom. The molecule has 4 aliphatic heterocycles. The van der Waals surface area contributed by atoms with Gasteiger partial charge in [0.15, 0.2) is 0 Å². The number of nitrogens with zero attached hydrogens (tertiary/aromatic N) is 3. The molecule has 2 bridgehead atoms. The van der Waals surface area contributed by atoms with E-state index < -0.39 is 0 Å². The van der Waals surface area contributed by atoms with Crippen LogP contribution in [0.4, 0.5) is 0 Å². The molecule has 162 valence electrons. The number of nitrogens with one attached hydrogen (secondary N) is 1. The van der Waals surface area contributed by atoms with Gasteiger partial charge in [-0.3, -0.25) is 14.5 Å². The van der Waals surface area contributed by atoms with Crippen LogP contribution in [0.3, 0.4) is 0 Å². The third-order valence-corrected chi connectivity index (χ3v) is 7.88. The maximum atomic E-state index is 13.6. The Balaban J connectivity index is 1.30. The monoisotopic (exact) mass is 418 g/mol. The fourth-order valence-electron chi connectivity index (χ4n) is 6.57. The van der Waals surface area contributed by atoms with Gasteiger partial charge in [0.1, 0.15) is 6.04 Å². The van der Waals surface area contributed by atoms with Gasteiger partial charge in [-0.2, -0.15) is 0 Å². The number of piperidine rings is 3. The highest BCUT2D eigenvalue weighted by atomic mass is 16.2. The van der Waals surface area contributed by atoms with Gasteiger partial charge in [-0.15, -0.1) is 0 Å². The van der Waals surface area contributed by atoms with Crippen molar-refractivity contribution in [3.8, 4) is 0 Å². The average molecular weight is 419 g/mol. The van der Waals surface area contributed by atoms with Crippen molar-refractivity contribution in [3.05, 3.63) is 48.2 Å². The highest BCUT2D eigenvalue weighted by Gasteiger charge is 2.52. The van der Waals surface area contributed by atoms with Crippen molar-refractivity contribution < 1.29 is 9.59 Å². The minimum atomic E-state index is -0.292. The van der Waals surface area contributed by atoms with E-state index in [-0.39, 0.29) is 29.8 Å². The van der Waals surface area contributed by atoms with E-state index in [1.165, 1.54) is 16.5 Å². The first kappa shape index (κ1) is 19.1. The first-order valence-electron chi connectivity index (χ1n) is 11.7. The molecule has 0 spiro atoms. The van der Waals surface area contributed by atoms with E-state index in [2.05, 4.69) is 46.3 Å². The van der Waals surface area contributed by atoms with Gasteiger partial charge >= 0.3 is 0 Å². The van der Waals surface area contributed by atoms with Crippen LogP contribution in [0.5, 0.6) is 0 Å². The predicted octanol–water partition coefficient (Wildman–Crippen LogP) is 2.77. The summed E-state index contributed by atoms with van der Waals surface area (Å²) in [6, 6.07) is 8.54. The van der Waals surface area contributed by atoms with Gasteiger partial charge in [0.2, 0.25) is 11.8 Å². The van der Waals surface area contributed by atoms with Crippen molar-refractivity contribution in [1.82, 2.24) is 19.7 Å². The summed E-state index contributed by atoms with van der Waals surface area (Å²) in [6.45, 7) is 4.15. The molecule has 1 aromatic carbocycles. The minimum Gasteiger partial charge on any atom is -0.361 e. The van der Waals surface area contributed by atoms with Crippen molar-refractivity contribution in [1.29, 1.82) is 0 Å². The molecule has 2 amide bonds. The average Bonchev–Trinajstić information content (AvgIpc) is 3.47. The molecule has 0 saturated carbocycles. The van der Waals surface area contributed by atoms with Gasteiger partial charge in [-0.05, 0) is 42.9 Å². The summed E-state index contributed by atoms with van der Waals surface area (Å²) in [5, 5.41) is 1.28. The molecule has 6 heteroatoms. The molecule has 4 aliphatic rings. The van der Waals surface area contributed by atoms with Crippen molar-refractivity contribution in [2.24, 2.45) is 11.8 Å². The standard InChI is InChI=1S/C25H30N4O2/c30-23-8-4-7-22-18-13-19(24(29(22)23)25(31)28-11-1-2-12-28)16-27(15-18)14-17-5-3-6-21-20(17)9-10-26-21/h1-3,5-6,9-10,18-19,22,24,26H,4,7-8,11-16H2/t18-,19+,22+,24-/m1/s1. The number of amides is 2. The van der Waals surface area contributed by atoms with Crippen LogP contribution >= 0.6 is 0 Å². The van der Waals surface area contributed by atoms with Crippen LogP contribution in [0.2, 0.25) is 0 Å². The smallest absolute Gasteiger partial charge is 0.246 e. The Morgan fingerprint density at radius 2 is 1.94 bits per heavy atom. The molecule has 1 aromatic heterocycles. The molecule has 2 aromatic rings. The summed E-state index contributed by atoms with van der Waals surface area (Å²) in [5.74, 6) is 1.04. The van der Waals surface area contributed by atoms with E-state index in [0.717, 1.165) is 38.9 Å². The summed E-state index contributed by atoms with van der Waals surface area (Å²) in [7, 11) is 0. The fraction of sp³-hybridized carbons (Fsp3) is 0.520. The molecule has 0 aliphatic carbocycles. The summed E-state index contributed by atoms with van der Waals surface area (Å²) < 4.78 is 0. The van der Waals surface area contributed by atoms with E-state index in [9.17, 15) is 9.59 Å². The fourth-order valence-corrected chi connectivity index (χ4v) is 6.57. The summed E-state index contributed by atoms with van der Waals surface area (Å²) in [4.78, 5) is 36.4. The number of aromatic amines is 1. The van der Waals surface area contributed by atoms with Crippen LogP contribution in [0, 0.1) is 11.8 Å². The maximum Gasteiger partial charge on any atom is 0.246 e. The van der Waals surface area contributed by atoms with E-state index >= 15 is 0 Å². The highest BCUT2D eigenvalue weighted by Crippen LogP contribution is 2.42. The Morgan fingerprint density at radius 1 is 1.10 bits per heavy atom. The molecule has 1 N–H and O–H groups in total. The van der Waals surface area contributed by atoms with Crippen molar-refractivity contribution in [2.75, 3.05) is 26.2 Å². The molecule has 4 atom stereocenters. The van der Waals surface area contributed by atoms with E-state index in [1.54, 1.807) is 0 Å². The van der Waals surface area contributed by atoms with E-state index in [0.29, 0.717) is 25.4 Å². The molecular formula is C25H30N4O2. The third-order valence-electron chi connectivity index (χ3n) is 7.88. The number of H-pyrrole nitrogens is 1. The second-order valence-electron chi connectivity index (χ2n) is 9.73. The normalized spacial score (nSPS) is 30.8. The Kier molecular flexibility index (Phi) is 4.64. The van der Waals surface area contributed by atoms with Crippen molar-refractivity contribution in [3.63, 3.8) is 0 Å². The van der Waals surface area contributed by atoms with Crippen molar-refractivity contribution >= 4 is 22.7 Å². The van der Waals surface area contributed by atoms with Crippen LogP contribution in [-0.4, -0.2) is 69.8 Å². The first-order chi connectivity index (χ1) is 15.2. The van der Waals surface area contributed by atoms with Crippen LogP contribution in [0.1, 0.15) is 31.2 Å². The second-order valence-corrected chi connectivity index (χ2v) is 9.73. The quantitative estimate of drug-likeness (QED) is 0.780. The van der Waals surface area contributed by atoms with E-state index in [4.69, 9.17) is 0 Å². The third kappa shape index (κ3) is 3.19. The molecule has 0 unspecified atom stereocenters. The number of rotatable bonds is 3. The number of carbonyl (C=O) groups is 2. The number of likely N-dealkylation sites (tertiary alicyclic amines) is 1. The molecule has 6 nitrogen and oxygen atoms in total. The largest absolute Gasteiger partial charge is 0.361 e. The molecule has 5 heterocycles. The van der Waals surface area contributed by atoms with Gasteiger partial charge in [0.05, 0.1) is 0 Å². The number of benzene rings is 1. The lowest BCUT2D eigenvalue weighted by atomic mass is 9.71. The Bertz CT molecular complexity index is 1040.